The Bertz CT molecular complexity index is 863. The molecule has 3 rings (SSSR count). The van der Waals surface area contributed by atoms with Gasteiger partial charge >= 0.3 is 0 Å². The highest BCUT2D eigenvalue weighted by molar-refractivity contribution is 5.92. The van der Waals surface area contributed by atoms with Crippen LogP contribution in [0.2, 0.25) is 0 Å². The van der Waals surface area contributed by atoms with Crippen molar-refractivity contribution in [1.82, 2.24) is 15.3 Å². The van der Waals surface area contributed by atoms with Crippen LogP contribution in [-0.4, -0.2) is 15.9 Å². The van der Waals surface area contributed by atoms with Crippen LogP contribution >= 0.6 is 0 Å². The summed E-state index contributed by atoms with van der Waals surface area (Å²) in [7, 11) is 0. The third-order valence-corrected chi connectivity index (χ3v) is 4.14. The monoisotopic (exact) mass is 346 g/mol. The molecule has 0 spiro atoms. The highest BCUT2D eigenvalue weighted by Crippen LogP contribution is 2.17. The molecule has 0 saturated carbocycles. The molecule has 26 heavy (non-hydrogen) atoms. The van der Waals surface area contributed by atoms with Crippen molar-refractivity contribution in [3.63, 3.8) is 0 Å². The molecule has 2 N–H and O–H groups in total. The second-order valence-electron chi connectivity index (χ2n) is 6.23. The van der Waals surface area contributed by atoms with Gasteiger partial charge in [-0.2, -0.15) is 0 Å². The molecule has 1 heterocycles. The Morgan fingerprint density at radius 3 is 2.50 bits per heavy atom. The molecule has 0 radical (unpaired) electrons. The van der Waals surface area contributed by atoms with Crippen molar-refractivity contribution in [2.24, 2.45) is 0 Å². The molecule has 5 heteroatoms. The van der Waals surface area contributed by atoms with E-state index >= 15 is 0 Å². The quantitative estimate of drug-likeness (QED) is 0.711. The van der Waals surface area contributed by atoms with Gasteiger partial charge < -0.3 is 10.6 Å². The summed E-state index contributed by atoms with van der Waals surface area (Å²) in [6, 6.07) is 19.9. The molecule has 0 aliphatic carbocycles. The summed E-state index contributed by atoms with van der Waals surface area (Å²) in [5.41, 5.74) is 3.74. The number of nitrogens with zero attached hydrogens (tertiary/aromatic N) is 2. The Labute approximate surface area is 153 Å². The number of carbonyl (C=O) groups excluding carboxylic acids is 1. The van der Waals surface area contributed by atoms with Gasteiger partial charge in [0.25, 0.3) is 5.91 Å². The van der Waals surface area contributed by atoms with E-state index in [1.54, 1.807) is 6.07 Å². The highest BCUT2D eigenvalue weighted by Gasteiger charge is 2.11. The number of nitrogens with one attached hydrogen (secondary N) is 2. The predicted molar refractivity (Wildman–Crippen MR) is 103 cm³/mol. The topological polar surface area (TPSA) is 66.9 Å². The highest BCUT2D eigenvalue weighted by atomic mass is 16.1. The Kier molecular flexibility index (Phi) is 5.59. The van der Waals surface area contributed by atoms with Crippen LogP contribution in [0.3, 0.4) is 0 Å². The normalized spacial score (nSPS) is 11.6. The van der Waals surface area contributed by atoms with Gasteiger partial charge in [-0.15, -0.1) is 0 Å². The van der Waals surface area contributed by atoms with Gasteiger partial charge in [-0.25, -0.2) is 9.97 Å². The van der Waals surface area contributed by atoms with Crippen molar-refractivity contribution in [1.29, 1.82) is 0 Å². The first-order chi connectivity index (χ1) is 12.6. The summed E-state index contributed by atoms with van der Waals surface area (Å²) < 4.78 is 0. The minimum Gasteiger partial charge on any atom is -0.363 e. The molecule has 0 fully saturated rings. The maximum absolute atomic E-state index is 12.4. The number of anilines is 1. The zero-order valence-corrected chi connectivity index (χ0v) is 14.9. The Morgan fingerprint density at radius 1 is 1.04 bits per heavy atom. The second kappa shape index (κ2) is 8.25. The summed E-state index contributed by atoms with van der Waals surface area (Å²) in [6.45, 7) is 4.55. The van der Waals surface area contributed by atoms with Crippen molar-refractivity contribution < 1.29 is 4.79 Å². The van der Waals surface area contributed by atoms with Crippen molar-refractivity contribution in [3.05, 3.63) is 89.4 Å². The number of hydrogen-bond acceptors (Lipinski definition) is 4. The number of benzene rings is 2. The third-order valence-electron chi connectivity index (χ3n) is 4.14. The van der Waals surface area contributed by atoms with Crippen LogP contribution in [0.1, 0.15) is 40.1 Å². The van der Waals surface area contributed by atoms with Gasteiger partial charge in [0.15, 0.2) is 0 Å². The second-order valence-corrected chi connectivity index (χ2v) is 6.23. The van der Waals surface area contributed by atoms with Gasteiger partial charge in [-0.05, 0) is 25.0 Å². The molecule has 1 aromatic heterocycles. The molecule has 5 nitrogen and oxygen atoms in total. The summed E-state index contributed by atoms with van der Waals surface area (Å²) in [5.74, 6) is 0.403. The first-order valence-electron chi connectivity index (χ1n) is 8.59. The van der Waals surface area contributed by atoms with Gasteiger partial charge in [-0.3, -0.25) is 4.79 Å². The Balaban J connectivity index is 1.62. The molecule has 0 saturated heterocycles. The van der Waals surface area contributed by atoms with Crippen LogP contribution in [0.15, 0.2) is 67.0 Å². The van der Waals surface area contributed by atoms with E-state index in [0.717, 1.165) is 11.1 Å². The molecule has 132 valence electrons. The average molecular weight is 346 g/mol. The van der Waals surface area contributed by atoms with Gasteiger partial charge in [0, 0.05) is 18.7 Å². The van der Waals surface area contributed by atoms with Crippen LogP contribution in [0.25, 0.3) is 0 Å². The van der Waals surface area contributed by atoms with Gasteiger partial charge in [0.2, 0.25) is 0 Å². The fourth-order valence-corrected chi connectivity index (χ4v) is 2.59. The molecule has 0 aliphatic rings. The van der Waals surface area contributed by atoms with Crippen molar-refractivity contribution in [2.45, 2.75) is 26.4 Å². The SMILES string of the molecule is Cc1ccc(CNC(=O)c2cc(NC(C)c3ccccc3)ncn2)cc1. The summed E-state index contributed by atoms with van der Waals surface area (Å²) >= 11 is 0. The maximum atomic E-state index is 12.4. The van der Waals surface area contributed by atoms with E-state index in [1.165, 1.54) is 11.9 Å². The summed E-state index contributed by atoms with van der Waals surface area (Å²) in [6.07, 6.45) is 1.40. The number of rotatable bonds is 6. The van der Waals surface area contributed by atoms with Crippen molar-refractivity contribution >= 4 is 11.7 Å². The standard InChI is InChI=1S/C21H22N4O/c1-15-8-10-17(11-9-15)13-22-21(26)19-12-20(24-14-23-19)25-16(2)18-6-4-3-5-7-18/h3-12,14,16H,13H2,1-2H3,(H,22,26)(H,23,24,25). The van der Waals surface area contributed by atoms with E-state index in [-0.39, 0.29) is 11.9 Å². The number of carbonyl (C=O) groups is 1. The first-order valence-corrected chi connectivity index (χ1v) is 8.59. The largest absolute Gasteiger partial charge is 0.363 e. The fraction of sp³-hybridized carbons (Fsp3) is 0.190. The lowest BCUT2D eigenvalue weighted by atomic mass is 10.1. The summed E-state index contributed by atoms with van der Waals surface area (Å²) in [5, 5.41) is 6.19. The third kappa shape index (κ3) is 4.66. The minimum atomic E-state index is -0.219. The molecule has 0 bridgehead atoms. The van der Waals surface area contributed by atoms with E-state index in [0.29, 0.717) is 18.1 Å². The zero-order valence-electron chi connectivity index (χ0n) is 14.9. The van der Waals surface area contributed by atoms with E-state index in [2.05, 4.69) is 27.5 Å². The zero-order chi connectivity index (χ0) is 18.4. The van der Waals surface area contributed by atoms with Crippen LogP contribution in [0.4, 0.5) is 5.82 Å². The molecule has 1 unspecified atom stereocenters. The molecular weight excluding hydrogens is 324 g/mol. The lowest BCUT2D eigenvalue weighted by molar-refractivity contribution is 0.0946. The minimum absolute atomic E-state index is 0.0783. The van der Waals surface area contributed by atoms with Crippen LogP contribution < -0.4 is 10.6 Å². The van der Waals surface area contributed by atoms with Crippen LogP contribution in [0.5, 0.6) is 0 Å². The average Bonchev–Trinajstić information content (AvgIpc) is 2.68. The van der Waals surface area contributed by atoms with E-state index < -0.39 is 0 Å². The fourth-order valence-electron chi connectivity index (χ4n) is 2.59. The van der Waals surface area contributed by atoms with Crippen molar-refractivity contribution in [3.8, 4) is 0 Å². The maximum Gasteiger partial charge on any atom is 0.270 e. The number of amides is 1. The smallest absolute Gasteiger partial charge is 0.270 e. The number of aryl methyl sites for hydroxylation is 1. The lowest BCUT2D eigenvalue weighted by Crippen LogP contribution is -2.24. The number of aromatic nitrogens is 2. The molecule has 1 atom stereocenters. The summed E-state index contributed by atoms with van der Waals surface area (Å²) in [4.78, 5) is 20.7. The molecular formula is C21H22N4O. The lowest BCUT2D eigenvalue weighted by Gasteiger charge is -2.15. The van der Waals surface area contributed by atoms with Crippen LogP contribution in [-0.2, 0) is 6.54 Å². The van der Waals surface area contributed by atoms with Gasteiger partial charge in [-0.1, -0.05) is 60.2 Å². The molecule has 0 aliphatic heterocycles. The molecule has 1 amide bonds. The predicted octanol–water partition coefficient (Wildman–Crippen LogP) is 3.89. The van der Waals surface area contributed by atoms with Gasteiger partial charge in [0.05, 0.1) is 0 Å². The Morgan fingerprint density at radius 2 is 1.77 bits per heavy atom. The first kappa shape index (κ1) is 17.6. The molecule has 2 aromatic carbocycles. The van der Waals surface area contributed by atoms with Crippen molar-refractivity contribution in [2.75, 3.05) is 5.32 Å². The Hall–Kier alpha value is -3.21. The van der Waals surface area contributed by atoms with Gasteiger partial charge in [0.1, 0.15) is 17.8 Å². The number of hydrogen-bond donors (Lipinski definition) is 2. The van der Waals surface area contributed by atoms with E-state index in [4.69, 9.17) is 0 Å². The molecule has 3 aromatic rings. The van der Waals surface area contributed by atoms with E-state index in [9.17, 15) is 4.79 Å². The van der Waals surface area contributed by atoms with E-state index in [1.807, 2.05) is 61.5 Å². The van der Waals surface area contributed by atoms with Crippen LogP contribution in [0, 0.1) is 6.92 Å².